The summed E-state index contributed by atoms with van der Waals surface area (Å²) < 4.78 is 15.0. The second-order valence-electron chi connectivity index (χ2n) is 6.03. The largest absolute Gasteiger partial charge is 0.332 e. The zero-order chi connectivity index (χ0) is 19.6. The van der Waals surface area contributed by atoms with E-state index < -0.39 is 0 Å². The van der Waals surface area contributed by atoms with Crippen molar-refractivity contribution < 1.29 is 4.39 Å². The number of anilines is 2. The first-order valence-electron chi connectivity index (χ1n) is 8.15. The van der Waals surface area contributed by atoms with Crippen LogP contribution in [0.1, 0.15) is 17.0 Å². The molecular formula is C19H17Cl2FN4S. The highest BCUT2D eigenvalue weighted by Crippen LogP contribution is 2.24. The average Bonchev–Trinajstić information content (AvgIpc) is 2.85. The SMILES string of the molecule is Cc1nn(Cc2ccc(F)cc2Cl)c(C)c1NC(=S)Nc1cccc(Cl)c1. The molecule has 0 aliphatic rings. The maximum Gasteiger partial charge on any atom is 0.175 e. The number of hydrogen-bond acceptors (Lipinski definition) is 2. The van der Waals surface area contributed by atoms with Crippen molar-refractivity contribution >= 4 is 51.9 Å². The quantitative estimate of drug-likeness (QED) is 0.521. The normalized spacial score (nSPS) is 10.7. The fourth-order valence-electron chi connectivity index (χ4n) is 2.69. The molecule has 1 aromatic heterocycles. The van der Waals surface area contributed by atoms with Gasteiger partial charge in [0.1, 0.15) is 5.82 Å². The van der Waals surface area contributed by atoms with Crippen molar-refractivity contribution in [3.8, 4) is 0 Å². The van der Waals surface area contributed by atoms with Gasteiger partial charge in [-0.3, -0.25) is 4.68 Å². The van der Waals surface area contributed by atoms with Gasteiger partial charge in [-0.2, -0.15) is 5.10 Å². The fourth-order valence-corrected chi connectivity index (χ4v) is 3.32. The number of aromatic nitrogens is 2. The van der Waals surface area contributed by atoms with Crippen LogP contribution < -0.4 is 10.6 Å². The Hall–Kier alpha value is -2.15. The van der Waals surface area contributed by atoms with E-state index in [1.807, 2.05) is 26.0 Å². The van der Waals surface area contributed by atoms with Gasteiger partial charge in [-0.15, -0.1) is 0 Å². The minimum absolute atomic E-state index is 0.364. The Balaban J connectivity index is 1.76. The summed E-state index contributed by atoms with van der Waals surface area (Å²) in [5, 5.41) is 12.2. The lowest BCUT2D eigenvalue weighted by Crippen LogP contribution is -2.20. The van der Waals surface area contributed by atoms with E-state index in [1.165, 1.54) is 12.1 Å². The summed E-state index contributed by atoms with van der Waals surface area (Å²) in [5.41, 5.74) is 4.08. The van der Waals surface area contributed by atoms with Crippen LogP contribution in [-0.2, 0) is 6.54 Å². The molecule has 0 unspecified atom stereocenters. The van der Waals surface area contributed by atoms with Gasteiger partial charge in [-0.25, -0.2) is 4.39 Å². The molecule has 2 aromatic carbocycles. The summed E-state index contributed by atoms with van der Waals surface area (Å²) in [6, 6.07) is 11.6. The van der Waals surface area contributed by atoms with Crippen molar-refractivity contribution in [1.82, 2.24) is 9.78 Å². The van der Waals surface area contributed by atoms with Crippen molar-refractivity contribution in [3.63, 3.8) is 0 Å². The van der Waals surface area contributed by atoms with Crippen LogP contribution >= 0.6 is 35.4 Å². The summed E-state index contributed by atoms with van der Waals surface area (Å²) in [4.78, 5) is 0. The Morgan fingerprint density at radius 2 is 1.93 bits per heavy atom. The number of halogens is 3. The zero-order valence-corrected chi connectivity index (χ0v) is 17.0. The Morgan fingerprint density at radius 1 is 1.15 bits per heavy atom. The topological polar surface area (TPSA) is 41.9 Å². The van der Waals surface area contributed by atoms with Gasteiger partial charge >= 0.3 is 0 Å². The van der Waals surface area contributed by atoms with Crippen LogP contribution in [-0.4, -0.2) is 14.9 Å². The first-order chi connectivity index (χ1) is 12.8. The van der Waals surface area contributed by atoms with E-state index in [1.54, 1.807) is 22.9 Å². The molecule has 3 rings (SSSR count). The maximum atomic E-state index is 13.2. The van der Waals surface area contributed by atoms with Crippen molar-refractivity contribution in [1.29, 1.82) is 0 Å². The van der Waals surface area contributed by atoms with E-state index in [0.29, 0.717) is 21.7 Å². The number of nitrogens with one attached hydrogen (secondary N) is 2. The molecule has 1 heterocycles. The number of rotatable bonds is 4. The molecule has 4 nitrogen and oxygen atoms in total. The smallest absolute Gasteiger partial charge is 0.175 e. The first kappa shape index (κ1) is 19.6. The van der Waals surface area contributed by atoms with Crippen LogP contribution in [0.15, 0.2) is 42.5 Å². The molecule has 0 bridgehead atoms. The fraction of sp³-hybridized carbons (Fsp3) is 0.158. The highest BCUT2D eigenvalue weighted by molar-refractivity contribution is 7.80. The van der Waals surface area contributed by atoms with Crippen LogP contribution in [0.5, 0.6) is 0 Å². The number of hydrogen-bond donors (Lipinski definition) is 2. The van der Waals surface area contributed by atoms with Crippen LogP contribution in [0.2, 0.25) is 10.0 Å². The highest BCUT2D eigenvalue weighted by Gasteiger charge is 2.14. The van der Waals surface area contributed by atoms with E-state index in [4.69, 9.17) is 35.4 Å². The molecule has 0 atom stereocenters. The molecule has 140 valence electrons. The summed E-state index contributed by atoms with van der Waals surface area (Å²) in [7, 11) is 0. The molecule has 2 N–H and O–H groups in total. The van der Waals surface area contributed by atoms with E-state index in [2.05, 4.69) is 15.7 Å². The Kier molecular flexibility index (Phi) is 5.99. The van der Waals surface area contributed by atoms with Gasteiger partial charge in [0.15, 0.2) is 5.11 Å². The van der Waals surface area contributed by atoms with Crippen LogP contribution in [0.25, 0.3) is 0 Å². The minimum Gasteiger partial charge on any atom is -0.332 e. The predicted octanol–water partition coefficient (Wildman–Crippen LogP) is 5.80. The van der Waals surface area contributed by atoms with Gasteiger partial charge in [0.05, 0.1) is 23.6 Å². The molecule has 3 aromatic rings. The molecule has 0 aliphatic carbocycles. The molecule has 8 heteroatoms. The third-order valence-electron chi connectivity index (χ3n) is 4.04. The van der Waals surface area contributed by atoms with Gasteiger partial charge in [-0.05, 0) is 62.0 Å². The molecule has 0 amide bonds. The molecule has 0 spiro atoms. The third kappa shape index (κ3) is 4.77. The van der Waals surface area contributed by atoms with Crippen molar-refractivity contribution in [3.05, 3.63) is 75.3 Å². The van der Waals surface area contributed by atoms with E-state index in [-0.39, 0.29) is 5.82 Å². The number of aryl methyl sites for hydroxylation is 1. The van der Waals surface area contributed by atoms with Gasteiger partial charge in [0, 0.05) is 15.7 Å². The summed E-state index contributed by atoms with van der Waals surface area (Å²) in [6.45, 7) is 4.25. The number of benzene rings is 2. The summed E-state index contributed by atoms with van der Waals surface area (Å²) >= 11 is 17.5. The van der Waals surface area contributed by atoms with Gasteiger partial charge in [0.25, 0.3) is 0 Å². The summed E-state index contributed by atoms with van der Waals surface area (Å²) in [6.07, 6.45) is 0. The third-order valence-corrected chi connectivity index (χ3v) is 4.83. The van der Waals surface area contributed by atoms with Crippen molar-refractivity contribution in [2.24, 2.45) is 0 Å². The molecule has 27 heavy (non-hydrogen) atoms. The van der Waals surface area contributed by atoms with E-state index in [0.717, 1.165) is 28.3 Å². The average molecular weight is 423 g/mol. The monoisotopic (exact) mass is 422 g/mol. The molecular weight excluding hydrogens is 406 g/mol. The van der Waals surface area contributed by atoms with Crippen molar-refractivity contribution in [2.45, 2.75) is 20.4 Å². The number of thiocarbonyl (C=S) groups is 1. The maximum absolute atomic E-state index is 13.2. The Morgan fingerprint density at radius 3 is 2.63 bits per heavy atom. The lowest BCUT2D eigenvalue weighted by atomic mass is 10.2. The van der Waals surface area contributed by atoms with Crippen molar-refractivity contribution in [2.75, 3.05) is 10.6 Å². The standard InChI is InChI=1S/C19H17Cl2FN4S/c1-11-18(24-19(27)23-16-5-3-4-14(20)8-16)12(2)26(25-11)10-13-6-7-15(22)9-17(13)21/h3-9H,10H2,1-2H3,(H2,23,24,27). The summed E-state index contributed by atoms with van der Waals surface area (Å²) in [5.74, 6) is -0.364. The molecule has 0 saturated heterocycles. The van der Waals surface area contributed by atoms with Crippen LogP contribution in [0, 0.1) is 19.7 Å². The first-order valence-corrected chi connectivity index (χ1v) is 9.31. The Bertz CT molecular complexity index is 1000. The van der Waals surface area contributed by atoms with Crippen LogP contribution in [0.4, 0.5) is 15.8 Å². The minimum atomic E-state index is -0.364. The lowest BCUT2D eigenvalue weighted by molar-refractivity contribution is 0.622. The second kappa shape index (κ2) is 8.25. The second-order valence-corrected chi connectivity index (χ2v) is 7.28. The predicted molar refractivity (Wildman–Crippen MR) is 114 cm³/mol. The molecule has 0 fully saturated rings. The van der Waals surface area contributed by atoms with Gasteiger partial charge in [0.2, 0.25) is 0 Å². The lowest BCUT2D eigenvalue weighted by Gasteiger charge is -2.12. The zero-order valence-electron chi connectivity index (χ0n) is 14.7. The van der Waals surface area contributed by atoms with E-state index in [9.17, 15) is 4.39 Å². The number of nitrogens with zero attached hydrogens (tertiary/aromatic N) is 2. The molecule has 0 saturated carbocycles. The van der Waals surface area contributed by atoms with Gasteiger partial charge < -0.3 is 10.6 Å². The van der Waals surface area contributed by atoms with Gasteiger partial charge in [-0.1, -0.05) is 35.3 Å². The van der Waals surface area contributed by atoms with Crippen LogP contribution in [0.3, 0.4) is 0 Å². The van der Waals surface area contributed by atoms with E-state index >= 15 is 0 Å². The highest BCUT2D eigenvalue weighted by atomic mass is 35.5. The molecule has 0 radical (unpaired) electrons. The Labute approximate surface area is 172 Å². The molecule has 0 aliphatic heterocycles.